The van der Waals surface area contributed by atoms with E-state index in [9.17, 15) is 0 Å². The summed E-state index contributed by atoms with van der Waals surface area (Å²) in [4.78, 5) is 47.9. The van der Waals surface area contributed by atoms with E-state index in [4.69, 9.17) is 34.9 Å². The van der Waals surface area contributed by atoms with Gasteiger partial charge in [-0.3, -0.25) is 28.7 Å². The molecule has 0 N–H and O–H groups in total. The van der Waals surface area contributed by atoms with E-state index in [-0.39, 0.29) is 0 Å². The molecule has 16 heteroatoms. The summed E-state index contributed by atoms with van der Waals surface area (Å²) < 4.78 is 13.8. The van der Waals surface area contributed by atoms with Crippen LogP contribution >= 0.6 is 0 Å². The number of benzene rings is 15. The first-order valence-electron chi connectivity index (χ1n) is 44.0. The van der Waals surface area contributed by atoms with Crippen LogP contribution in [-0.4, -0.2) is 77.2 Å². The van der Waals surface area contributed by atoms with Crippen LogP contribution in [0.1, 0.15) is 0 Å². The smallest absolute Gasteiger partial charge is 0.238 e. The highest BCUT2D eigenvalue weighted by molar-refractivity contribution is 6.16. The largest absolute Gasteiger partial charge is 0.309 e. The number of nitrogens with zero attached hydrogens (tertiary/aromatic N) is 16. The van der Waals surface area contributed by atoms with Crippen LogP contribution in [0.2, 0.25) is 0 Å². The Balaban J connectivity index is 0.000000106. The second-order valence-corrected chi connectivity index (χ2v) is 32.7. The normalized spacial score (nSPS) is 11.6. The Morgan fingerprint density at radius 3 is 0.758 bits per heavy atom. The molecule has 0 aliphatic heterocycles. The van der Waals surface area contributed by atoms with Gasteiger partial charge in [-0.05, 0) is 146 Å². The zero-order chi connectivity index (χ0) is 87.1. The summed E-state index contributed by atoms with van der Waals surface area (Å²) >= 11 is 0. The van der Waals surface area contributed by atoms with E-state index in [1.807, 2.05) is 78.9 Å². The van der Waals surface area contributed by atoms with Crippen LogP contribution in [0.25, 0.3) is 234 Å². The monoisotopic (exact) mass is 1690 g/mol. The Hall–Kier alpha value is -18.3. The second kappa shape index (κ2) is 32.0. The highest BCUT2D eigenvalue weighted by Crippen LogP contribution is 2.43. The van der Waals surface area contributed by atoms with Crippen molar-refractivity contribution in [2.75, 3.05) is 0 Å². The first kappa shape index (κ1) is 76.2. The number of para-hydroxylation sites is 9. The van der Waals surface area contributed by atoms with Gasteiger partial charge < -0.3 is 13.7 Å². The van der Waals surface area contributed by atoms with Gasteiger partial charge in [-0.15, -0.1) is 0 Å². The maximum atomic E-state index is 5.17. The van der Waals surface area contributed by atoms with E-state index in [1.165, 1.54) is 87.0 Å². The fraction of sp³-hybridized carbons (Fsp3) is 0. The summed E-state index contributed by atoms with van der Waals surface area (Å²) in [5.41, 5.74) is 24.4. The van der Waals surface area contributed by atoms with Crippen molar-refractivity contribution in [1.82, 2.24) is 77.2 Å². The molecule has 27 aromatic rings. The summed E-state index contributed by atoms with van der Waals surface area (Å²) in [7, 11) is 0. The van der Waals surface area contributed by atoms with Gasteiger partial charge in [0.25, 0.3) is 0 Å². The van der Waals surface area contributed by atoms with E-state index < -0.39 is 0 Å². The molecule has 0 radical (unpaired) electrons. The third-order valence-corrected chi connectivity index (χ3v) is 25.2. The van der Waals surface area contributed by atoms with E-state index in [1.54, 1.807) is 37.2 Å². The van der Waals surface area contributed by atoms with Crippen LogP contribution in [0.15, 0.2) is 450 Å². The lowest BCUT2D eigenvalue weighted by Crippen LogP contribution is -2.06. The lowest BCUT2D eigenvalue weighted by atomic mass is 10.1. The van der Waals surface area contributed by atoms with Gasteiger partial charge in [0.2, 0.25) is 5.95 Å². The number of hydrogen-bond acceptors (Lipinski definition) is 10. The highest BCUT2D eigenvalue weighted by atomic mass is 15.2. The molecule has 16 nitrogen and oxygen atoms in total. The number of pyridine rings is 3. The molecular weight excluding hydrogens is 1620 g/mol. The molecule has 0 saturated carbocycles. The van der Waals surface area contributed by atoms with Gasteiger partial charge in [-0.25, -0.2) is 24.9 Å². The molecule has 618 valence electrons. The Morgan fingerprint density at radius 2 is 0.409 bits per heavy atom. The fourth-order valence-corrected chi connectivity index (χ4v) is 19.3. The van der Waals surface area contributed by atoms with Crippen LogP contribution in [0.3, 0.4) is 0 Å². The van der Waals surface area contributed by atoms with Crippen molar-refractivity contribution >= 4 is 131 Å². The molecule has 0 bridgehead atoms. The minimum atomic E-state index is 0.543. The van der Waals surface area contributed by atoms with Crippen LogP contribution in [0.5, 0.6) is 0 Å². The molecular formula is C116H74N16. The zero-order valence-electron chi connectivity index (χ0n) is 70.9. The van der Waals surface area contributed by atoms with Crippen LogP contribution in [0.4, 0.5) is 0 Å². The topological polar surface area (TPSA) is 158 Å². The number of rotatable bonds is 12. The summed E-state index contributed by atoms with van der Waals surface area (Å²) in [5.74, 6) is 4.72. The average molecular weight is 1690 g/mol. The van der Waals surface area contributed by atoms with Gasteiger partial charge in [-0.2, -0.15) is 9.97 Å². The Bertz CT molecular complexity index is 7980. The van der Waals surface area contributed by atoms with Gasteiger partial charge in [0.1, 0.15) is 11.6 Å². The highest BCUT2D eigenvalue weighted by Gasteiger charge is 2.25. The van der Waals surface area contributed by atoms with E-state index in [0.29, 0.717) is 29.2 Å². The van der Waals surface area contributed by atoms with Crippen molar-refractivity contribution in [2.45, 2.75) is 0 Å². The summed E-state index contributed by atoms with van der Waals surface area (Å²) in [6.07, 6.45) is 10.6. The molecule has 0 unspecified atom stereocenters. The van der Waals surface area contributed by atoms with Crippen LogP contribution in [0, 0.1) is 0 Å². The predicted octanol–water partition coefficient (Wildman–Crippen LogP) is 27.6. The van der Waals surface area contributed by atoms with Crippen LogP contribution in [-0.2, 0) is 0 Å². The summed E-state index contributed by atoms with van der Waals surface area (Å²) in [6, 6.07) is 144. The SMILES string of the molecule is c1ccc(-c2cc(-n3c4ccccc4c4cc(-n5c6ccccc6c6ccccc65)ccc43)nc(-c3ccccc3)n2)cc1.c1ccc(-c2nc(-c3ccncc3)cc(-n3c4ccccc4c4cc(-n5c6ccccc6c6ccccc65)ccc43)n2)cc1.c1cncc(-c2nc(-c3ccncc3)nc(-n3c4ccccc4c4cc(-n5c6ccccc6c6ccccc65)ccc43)n2)c1. The fourth-order valence-electron chi connectivity index (χ4n) is 19.3. The van der Waals surface area contributed by atoms with Crippen molar-refractivity contribution in [1.29, 1.82) is 0 Å². The number of hydrogen-bond donors (Lipinski definition) is 0. The second-order valence-electron chi connectivity index (χ2n) is 32.7. The molecule has 0 amide bonds. The first-order valence-corrected chi connectivity index (χ1v) is 44.0. The molecule has 0 atom stereocenters. The van der Waals surface area contributed by atoms with Crippen LogP contribution < -0.4 is 0 Å². The molecule has 27 rings (SSSR count). The molecule has 0 saturated heterocycles. The summed E-state index contributed by atoms with van der Waals surface area (Å²) in [5, 5.41) is 14.5. The number of fused-ring (bicyclic) bond motifs is 18. The first-order chi connectivity index (χ1) is 65.5. The maximum absolute atomic E-state index is 5.17. The van der Waals surface area contributed by atoms with E-state index >= 15 is 0 Å². The van der Waals surface area contributed by atoms with E-state index in [2.05, 4.69) is 376 Å². The van der Waals surface area contributed by atoms with Gasteiger partial charge in [0.15, 0.2) is 23.3 Å². The lowest BCUT2D eigenvalue weighted by Gasteiger charge is -2.12. The molecule has 0 spiro atoms. The molecule has 0 fully saturated rings. The molecule has 132 heavy (non-hydrogen) atoms. The quantitative estimate of drug-likeness (QED) is 0.115. The third-order valence-electron chi connectivity index (χ3n) is 25.2. The van der Waals surface area contributed by atoms with Crippen molar-refractivity contribution in [3.63, 3.8) is 0 Å². The maximum Gasteiger partial charge on any atom is 0.238 e. The standard InChI is InChI=1S/C40H26N4.C39H25N5.C37H23N7/c1-3-13-27(14-4-1)34-26-39(42-40(41-34)28-15-5-2-6-16-28)44-37-22-12-9-19-32(37)33-25-29(23-24-38(33)44)43-35-20-10-7-17-30(35)31-18-8-11-21-36(31)43;1-2-10-27(11-3-1)39-41-33(26-20-22-40-23-21-26)25-38(42-39)44-36-17-9-6-14-31(36)32-24-28(18-19-37(32)44)43-34-15-7-4-12-29(34)30-13-5-8-16-35(30)43;1-4-12-31-27(9-1)28-10-2-5-13-32(28)43(31)26-15-16-34-30(22-26)29-11-3-6-14-33(29)44(34)37-41-35(24-17-20-38-21-18-24)40-36(42-37)25-8-7-19-39-23-25/h1-26H;1-25H;1-23H. The van der Waals surface area contributed by atoms with Crippen molar-refractivity contribution in [2.24, 2.45) is 0 Å². The Labute approximate surface area is 755 Å². The molecule has 12 heterocycles. The van der Waals surface area contributed by atoms with Gasteiger partial charge in [-0.1, -0.05) is 255 Å². The Kier molecular flexibility index (Phi) is 18.5. The van der Waals surface area contributed by atoms with Gasteiger partial charge in [0.05, 0.1) is 77.6 Å². The molecule has 15 aromatic carbocycles. The lowest BCUT2D eigenvalue weighted by molar-refractivity contribution is 0.952. The van der Waals surface area contributed by atoms with Crippen molar-refractivity contribution in [3.05, 3.63) is 450 Å². The predicted molar refractivity (Wildman–Crippen MR) is 536 cm³/mol. The molecule has 0 aliphatic carbocycles. The summed E-state index contributed by atoms with van der Waals surface area (Å²) in [6.45, 7) is 0. The average Bonchev–Trinajstić information content (AvgIpc) is 1.58. The van der Waals surface area contributed by atoms with Crippen molar-refractivity contribution in [3.8, 4) is 103 Å². The van der Waals surface area contributed by atoms with Gasteiger partial charge in [0, 0.05) is 164 Å². The Morgan fingerprint density at radius 1 is 0.152 bits per heavy atom. The minimum absolute atomic E-state index is 0.543. The zero-order valence-corrected chi connectivity index (χ0v) is 70.9. The molecule has 12 aromatic heterocycles. The van der Waals surface area contributed by atoms with Gasteiger partial charge >= 0.3 is 0 Å². The minimum Gasteiger partial charge on any atom is -0.309 e. The van der Waals surface area contributed by atoms with Crippen molar-refractivity contribution < 1.29 is 0 Å². The van der Waals surface area contributed by atoms with E-state index in [0.717, 1.165) is 117 Å². The number of aromatic nitrogens is 16. The molecule has 0 aliphatic rings. The third kappa shape index (κ3) is 13.1.